The standard InChI is InChI=1S/C16H17NO2S/c1-2-13-6-8-14(9-7-13)19-12-10-16(18)20-15-5-3-4-11-17-15/h3-9,11H,2,10,12H2,1H3. The maximum absolute atomic E-state index is 11.7. The van der Waals surface area contributed by atoms with Gasteiger partial charge in [-0.3, -0.25) is 4.79 Å². The van der Waals surface area contributed by atoms with Gasteiger partial charge in [0.15, 0.2) is 5.12 Å². The molecule has 0 saturated heterocycles. The zero-order valence-corrected chi connectivity index (χ0v) is 12.2. The van der Waals surface area contributed by atoms with Crippen LogP contribution in [0.15, 0.2) is 53.7 Å². The van der Waals surface area contributed by atoms with Gasteiger partial charge in [-0.15, -0.1) is 0 Å². The first-order valence-corrected chi connectivity index (χ1v) is 7.43. The first-order chi connectivity index (χ1) is 9.78. The van der Waals surface area contributed by atoms with Crippen molar-refractivity contribution in [3.8, 4) is 5.75 Å². The van der Waals surface area contributed by atoms with Gasteiger partial charge in [0.2, 0.25) is 0 Å². The summed E-state index contributed by atoms with van der Waals surface area (Å²) >= 11 is 1.15. The molecule has 3 nitrogen and oxygen atoms in total. The number of carbonyl (C=O) groups is 1. The van der Waals surface area contributed by atoms with Crippen molar-refractivity contribution in [2.45, 2.75) is 24.8 Å². The van der Waals surface area contributed by atoms with Crippen LogP contribution in [-0.2, 0) is 11.2 Å². The van der Waals surface area contributed by atoms with Crippen molar-refractivity contribution < 1.29 is 9.53 Å². The van der Waals surface area contributed by atoms with Crippen molar-refractivity contribution >= 4 is 16.9 Å². The number of rotatable bonds is 6. The number of hydrogen-bond acceptors (Lipinski definition) is 4. The van der Waals surface area contributed by atoms with Crippen molar-refractivity contribution in [1.82, 2.24) is 4.98 Å². The monoisotopic (exact) mass is 287 g/mol. The number of nitrogens with zero attached hydrogens (tertiary/aromatic N) is 1. The lowest BCUT2D eigenvalue weighted by Crippen LogP contribution is -2.03. The van der Waals surface area contributed by atoms with Crippen LogP contribution in [0, 0.1) is 0 Å². The highest BCUT2D eigenvalue weighted by Crippen LogP contribution is 2.18. The SMILES string of the molecule is CCc1ccc(OCCC(=O)Sc2ccccn2)cc1. The highest BCUT2D eigenvalue weighted by Gasteiger charge is 2.06. The highest BCUT2D eigenvalue weighted by molar-refractivity contribution is 8.13. The van der Waals surface area contributed by atoms with Gasteiger partial charge < -0.3 is 4.74 Å². The zero-order valence-electron chi connectivity index (χ0n) is 11.4. The Labute approximate surface area is 123 Å². The lowest BCUT2D eigenvalue weighted by atomic mass is 10.2. The lowest BCUT2D eigenvalue weighted by molar-refractivity contribution is -0.111. The predicted octanol–water partition coefficient (Wildman–Crippen LogP) is 3.73. The van der Waals surface area contributed by atoms with Crippen molar-refractivity contribution in [1.29, 1.82) is 0 Å². The summed E-state index contributed by atoms with van der Waals surface area (Å²) in [5.41, 5.74) is 1.28. The molecule has 2 aromatic rings. The number of hydrogen-bond donors (Lipinski definition) is 0. The zero-order chi connectivity index (χ0) is 14.2. The summed E-state index contributed by atoms with van der Waals surface area (Å²) in [6.07, 6.45) is 3.07. The molecule has 0 bridgehead atoms. The van der Waals surface area contributed by atoms with E-state index in [2.05, 4.69) is 11.9 Å². The van der Waals surface area contributed by atoms with Gasteiger partial charge in [0.1, 0.15) is 10.8 Å². The van der Waals surface area contributed by atoms with Gasteiger partial charge in [-0.2, -0.15) is 0 Å². The van der Waals surface area contributed by atoms with E-state index < -0.39 is 0 Å². The second kappa shape index (κ2) is 7.70. The van der Waals surface area contributed by atoms with E-state index in [-0.39, 0.29) is 5.12 Å². The van der Waals surface area contributed by atoms with E-state index in [1.807, 2.05) is 42.5 Å². The van der Waals surface area contributed by atoms with E-state index in [4.69, 9.17) is 4.74 Å². The van der Waals surface area contributed by atoms with Crippen molar-refractivity contribution in [2.24, 2.45) is 0 Å². The van der Waals surface area contributed by atoms with E-state index in [1.54, 1.807) is 6.20 Å². The summed E-state index contributed by atoms with van der Waals surface area (Å²) in [4.78, 5) is 15.9. The normalized spacial score (nSPS) is 10.2. The van der Waals surface area contributed by atoms with Gasteiger partial charge in [0.25, 0.3) is 0 Å². The fourth-order valence-corrected chi connectivity index (χ4v) is 2.33. The highest BCUT2D eigenvalue weighted by atomic mass is 32.2. The molecule has 2 rings (SSSR count). The van der Waals surface area contributed by atoms with Crippen LogP contribution in [0.3, 0.4) is 0 Å². The molecule has 0 fully saturated rings. The molecule has 4 heteroatoms. The van der Waals surface area contributed by atoms with E-state index in [1.165, 1.54) is 5.56 Å². The van der Waals surface area contributed by atoms with Crippen LogP contribution >= 0.6 is 11.8 Å². The molecule has 0 spiro atoms. The molecule has 1 heterocycles. The average molecular weight is 287 g/mol. The lowest BCUT2D eigenvalue weighted by Gasteiger charge is -2.06. The number of ether oxygens (including phenoxy) is 1. The fraction of sp³-hybridized carbons (Fsp3) is 0.250. The Kier molecular flexibility index (Phi) is 5.62. The second-order valence-corrected chi connectivity index (χ2v) is 5.32. The maximum Gasteiger partial charge on any atom is 0.198 e. The summed E-state index contributed by atoms with van der Waals surface area (Å²) in [5, 5.41) is 0.790. The molecule has 0 radical (unpaired) electrons. The van der Waals surface area contributed by atoms with Gasteiger partial charge in [-0.1, -0.05) is 25.1 Å². The first kappa shape index (κ1) is 14.6. The summed E-state index contributed by atoms with van der Waals surface area (Å²) in [7, 11) is 0. The van der Waals surface area contributed by atoms with Gasteiger partial charge in [0.05, 0.1) is 13.0 Å². The Morgan fingerprint density at radius 2 is 2.00 bits per heavy atom. The van der Waals surface area contributed by atoms with Gasteiger partial charge in [0, 0.05) is 6.20 Å². The molecule has 0 aliphatic rings. The molecular formula is C16H17NO2S. The minimum atomic E-state index is 0.0638. The summed E-state index contributed by atoms with van der Waals surface area (Å²) in [5.74, 6) is 0.804. The third-order valence-corrected chi connectivity index (χ3v) is 3.65. The van der Waals surface area contributed by atoms with E-state index in [0.29, 0.717) is 13.0 Å². The molecule has 0 aliphatic carbocycles. The largest absolute Gasteiger partial charge is 0.493 e. The van der Waals surface area contributed by atoms with Crippen LogP contribution in [0.4, 0.5) is 0 Å². The van der Waals surface area contributed by atoms with E-state index >= 15 is 0 Å². The van der Waals surface area contributed by atoms with Crippen LogP contribution in [-0.4, -0.2) is 16.7 Å². The van der Waals surface area contributed by atoms with Crippen molar-refractivity contribution in [3.63, 3.8) is 0 Å². The fourth-order valence-electron chi connectivity index (χ4n) is 1.65. The number of aryl methyl sites for hydroxylation is 1. The Hall–Kier alpha value is -1.81. The first-order valence-electron chi connectivity index (χ1n) is 6.61. The second-order valence-electron chi connectivity index (χ2n) is 4.24. The molecule has 1 aromatic carbocycles. The average Bonchev–Trinajstić information content (AvgIpc) is 2.49. The number of pyridine rings is 1. The van der Waals surface area contributed by atoms with Crippen LogP contribution < -0.4 is 4.74 Å². The molecule has 0 aliphatic heterocycles. The van der Waals surface area contributed by atoms with Crippen molar-refractivity contribution in [3.05, 3.63) is 54.2 Å². The van der Waals surface area contributed by atoms with Crippen LogP contribution in [0.25, 0.3) is 0 Å². The van der Waals surface area contributed by atoms with Gasteiger partial charge in [-0.05, 0) is 48.0 Å². The molecule has 1 aromatic heterocycles. The molecule has 20 heavy (non-hydrogen) atoms. The molecule has 104 valence electrons. The number of thioether (sulfide) groups is 1. The summed E-state index contributed by atoms with van der Waals surface area (Å²) in [6.45, 7) is 2.51. The van der Waals surface area contributed by atoms with E-state index in [0.717, 1.165) is 29.0 Å². The molecule has 0 N–H and O–H groups in total. The predicted molar refractivity (Wildman–Crippen MR) is 81.0 cm³/mol. The topological polar surface area (TPSA) is 39.2 Å². The number of benzene rings is 1. The third-order valence-electron chi connectivity index (χ3n) is 2.76. The Bertz CT molecular complexity index is 540. The third kappa shape index (κ3) is 4.70. The van der Waals surface area contributed by atoms with Crippen molar-refractivity contribution in [2.75, 3.05) is 6.61 Å². The Balaban J connectivity index is 1.73. The quantitative estimate of drug-likeness (QED) is 0.759. The molecule has 0 amide bonds. The van der Waals surface area contributed by atoms with Crippen LogP contribution in [0.1, 0.15) is 18.9 Å². The number of aromatic nitrogens is 1. The molecule has 0 saturated carbocycles. The van der Waals surface area contributed by atoms with Gasteiger partial charge >= 0.3 is 0 Å². The minimum absolute atomic E-state index is 0.0638. The van der Waals surface area contributed by atoms with Crippen LogP contribution in [0.2, 0.25) is 0 Å². The Morgan fingerprint density at radius 3 is 2.65 bits per heavy atom. The van der Waals surface area contributed by atoms with Crippen LogP contribution in [0.5, 0.6) is 5.75 Å². The van der Waals surface area contributed by atoms with Gasteiger partial charge in [-0.25, -0.2) is 4.98 Å². The molecule has 0 atom stereocenters. The number of carbonyl (C=O) groups excluding carboxylic acids is 1. The maximum atomic E-state index is 11.7. The Morgan fingerprint density at radius 1 is 1.20 bits per heavy atom. The summed E-state index contributed by atoms with van der Waals surface area (Å²) in [6, 6.07) is 13.5. The minimum Gasteiger partial charge on any atom is -0.493 e. The van der Waals surface area contributed by atoms with E-state index in [9.17, 15) is 4.79 Å². The summed E-state index contributed by atoms with van der Waals surface area (Å²) < 4.78 is 5.56. The molecular weight excluding hydrogens is 270 g/mol. The smallest absolute Gasteiger partial charge is 0.198 e. The molecule has 0 unspecified atom stereocenters.